The van der Waals surface area contributed by atoms with Crippen LogP contribution in [0.1, 0.15) is 284 Å². The Morgan fingerprint density at radius 2 is 0.867 bits per heavy atom. The number of nitrogens with one attached hydrogen (secondary N) is 1. The van der Waals surface area contributed by atoms with E-state index in [2.05, 4.69) is 43.5 Å². The zero-order chi connectivity index (χ0) is 43.7. The summed E-state index contributed by atoms with van der Waals surface area (Å²) in [5.41, 5.74) is 0. The van der Waals surface area contributed by atoms with Crippen molar-refractivity contribution in [1.29, 1.82) is 0 Å². The fraction of sp³-hybridized carbons (Fsp3) is 0.889. The van der Waals surface area contributed by atoms with Crippen LogP contribution in [-0.4, -0.2) is 47.4 Å². The minimum atomic E-state index is -0.662. The van der Waals surface area contributed by atoms with E-state index in [1.165, 1.54) is 199 Å². The van der Waals surface area contributed by atoms with Crippen molar-refractivity contribution in [3.8, 4) is 0 Å². The van der Waals surface area contributed by atoms with Crippen molar-refractivity contribution in [2.45, 2.75) is 296 Å². The molecule has 0 heterocycles. The lowest BCUT2D eigenvalue weighted by Gasteiger charge is -2.22. The van der Waals surface area contributed by atoms with E-state index in [0.717, 1.165) is 51.4 Å². The Kier molecular flexibility index (Phi) is 48.6. The van der Waals surface area contributed by atoms with Gasteiger partial charge in [0.1, 0.15) is 0 Å². The minimum absolute atomic E-state index is 0.00373. The Morgan fingerprint density at radius 3 is 1.33 bits per heavy atom. The quantitative estimate of drug-likeness (QED) is 0.0322. The standard InChI is InChI=1S/C54H103NO5/c1-3-5-7-9-11-13-14-24-28-32-36-40-44-48-54(59)60-49-45-41-37-33-29-26-23-21-19-17-15-16-18-20-22-25-27-31-35-39-43-47-53(58)55-51(50-56)52(57)46-42-38-34-30-12-10-8-6-4-2/h7,9,13-14,51-52,56-57H,3-6,8,10-12,15-50H2,1-2H3,(H,55,58)/b9-7-,14-13-. The van der Waals surface area contributed by atoms with E-state index in [1.54, 1.807) is 0 Å². The van der Waals surface area contributed by atoms with Gasteiger partial charge in [0.25, 0.3) is 0 Å². The largest absolute Gasteiger partial charge is 0.466 e. The maximum atomic E-state index is 12.4. The molecular formula is C54H103NO5. The summed E-state index contributed by atoms with van der Waals surface area (Å²) in [7, 11) is 0. The highest BCUT2D eigenvalue weighted by Gasteiger charge is 2.20. The zero-order valence-corrected chi connectivity index (χ0v) is 40.2. The normalized spacial score (nSPS) is 12.8. The van der Waals surface area contributed by atoms with Gasteiger partial charge in [-0.05, 0) is 51.4 Å². The molecule has 0 radical (unpaired) electrons. The first-order chi connectivity index (χ1) is 29.5. The Hall–Kier alpha value is -1.66. The Balaban J connectivity index is 3.36. The van der Waals surface area contributed by atoms with Gasteiger partial charge in [0.05, 0.1) is 25.4 Å². The molecule has 0 aliphatic carbocycles. The molecule has 60 heavy (non-hydrogen) atoms. The Bertz CT molecular complexity index is 935. The lowest BCUT2D eigenvalue weighted by atomic mass is 10.0. The van der Waals surface area contributed by atoms with Crippen LogP contribution in [-0.2, 0) is 14.3 Å². The van der Waals surface area contributed by atoms with E-state index in [9.17, 15) is 19.8 Å². The summed E-state index contributed by atoms with van der Waals surface area (Å²) in [5, 5.41) is 23.1. The van der Waals surface area contributed by atoms with Gasteiger partial charge in [-0.3, -0.25) is 9.59 Å². The highest BCUT2D eigenvalue weighted by molar-refractivity contribution is 5.76. The molecule has 0 fully saturated rings. The van der Waals surface area contributed by atoms with Gasteiger partial charge in [0.2, 0.25) is 5.91 Å². The van der Waals surface area contributed by atoms with Crippen molar-refractivity contribution in [1.82, 2.24) is 5.32 Å². The van der Waals surface area contributed by atoms with Crippen LogP contribution in [0.15, 0.2) is 24.3 Å². The number of aliphatic hydroxyl groups is 2. The van der Waals surface area contributed by atoms with Crippen molar-refractivity contribution < 1.29 is 24.5 Å². The van der Waals surface area contributed by atoms with Gasteiger partial charge < -0.3 is 20.3 Å². The van der Waals surface area contributed by atoms with Crippen molar-refractivity contribution >= 4 is 11.9 Å². The number of amides is 1. The number of allylic oxidation sites excluding steroid dienone is 4. The number of unbranched alkanes of at least 4 members (excludes halogenated alkanes) is 34. The molecule has 354 valence electrons. The summed E-state index contributed by atoms with van der Waals surface area (Å²) in [4.78, 5) is 24.4. The monoisotopic (exact) mass is 846 g/mol. The molecule has 6 heteroatoms. The van der Waals surface area contributed by atoms with Crippen LogP contribution in [0.25, 0.3) is 0 Å². The summed E-state index contributed by atoms with van der Waals surface area (Å²) >= 11 is 0. The summed E-state index contributed by atoms with van der Waals surface area (Å²) in [6.07, 6.45) is 58.8. The van der Waals surface area contributed by atoms with E-state index in [0.29, 0.717) is 25.9 Å². The molecule has 0 rings (SSSR count). The van der Waals surface area contributed by atoms with Crippen LogP contribution in [0, 0.1) is 0 Å². The van der Waals surface area contributed by atoms with Gasteiger partial charge >= 0.3 is 5.97 Å². The first-order valence-corrected chi connectivity index (χ1v) is 26.6. The van der Waals surface area contributed by atoms with E-state index in [-0.39, 0.29) is 18.5 Å². The van der Waals surface area contributed by atoms with Gasteiger partial charge in [-0.2, -0.15) is 0 Å². The first kappa shape index (κ1) is 58.3. The van der Waals surface area contributed by atoms with Crippen molar-refractivity contribution in [2.24, 2.45) is 0 Å². The molecule has 0 aromatic heterocycles. The summed E-state index contributed by atoms with van der Waals surface area (Å²) in [6, 6.07) is -0.540. The van der Waals surface area contributed by atoms with Crippen LogP contribution in [0.5, 0.6) is 0 Å². The smallest absolute Gasteiger partial charge is 0.305 e. The Morgan fingerprint density at radius 1 is 0.467 bits per heavy atom. The van der Waals surface area contributed by atoms with Crippen LogP contribution in [0.4, 0.5) is 0 Å². The maximum Gasteiger partial charge on any atom is 0.305 e. The molecule has 3 N–H and O–H groups in total. The van der Waals surface area contributed by atoms with E-state index in [4.69, 9.17) is 4.74 Å². The van der Waals surface area contributed by atoms with E-state index < -0.39 is 12.1 Å². The molecule has 0 aromatic rings. The van der Waals surface area contributed by atoms with E-state index in [1.807, 2.05) is 0 Å². The fourth-order valence-corrected chi connectivity index (χ4v) is 8.15. The molecule has 6 nitrogen and oxygen atoms in total. The molecule has 0 aliphatic rings. The van der Waals surface area contributed by atoms with Crippen LogP contribution < -0.4 is 5.32 Å². The molecule has 0 saturated heterocycles. The number of hydrogen-bond acceptors (Lipinski definition) is 5. The van der Waals surface area contributed by atoms with Gasteiger partial charge in [-0.15, -0.1) is 0 Å². The third-order valence-corrected chi connectivity index (χ3v) is 12.2. The van der Waals surface area contributed by atoms with Crippen molar-refractivity contribution in [2.75, 3.05) is 13.2 Å². The topological polar surface area (TPSA) is 95.9 Å². The van der Waals surface area contributed by atoms with E-state index >= 15 is 0 Å². The molecule has 0 saturated carbocycles. The number of carbonyl (C=O) groups excluding carboxylic acids is 2. The third kappa shape index (κ3) is 45.9. The summed E-state index contributed by atoms with van der Waals surface area (Å²) in [5.74, 6) is -0.0423. The van der Waals surface area contributed by atoms with Crippen molar-refractivity contribution in [3.05, 3.63) is 24.3 Å². The highest BCUT2D eigenvalue weighted by Crippen LogP contribution is 2.17. The lowest BCUT2D eigenvalue weighted by molar-refractivity contribution is -0.143. The minimum Gasteiger partial charge on any atom is -0.466 e. The number of aliphatic hydroxyl groups excluding tert-OH is 2. The predicted molar refractivity (Wildman–Crippen MR) is 260 cm³/mol. The molecule has 0 aliphatic heterocycles. The number of ether oxygens (including phenoxy) is 1. The molecule has 0 bridgehead atoms. The number of carbonyl (C=O) groups is 2. The lowest BCUT2D eigenvalue weighted by Crippen LogP contribution is -2.45. The average molecular weight is 846 g/mol. The molecule has 2 atom stereocenters. The fourth-order valence-electron chi connectivity index (χ4n) is 8.15. The molecule has 1 amide bonds. The van der Waals surface area contributed by atoms with Crippen LogP contribution in [0.2, 0.25) is 0 Å². The zero-order valence-electron chi connectivity index (χ0n) is 40.2. The van der Waals surface area contributed by atoms with Gasteiger partial charge in [0.15, 0.2) is 0 Å². The SMILES string of the molecule is CCC/C=C\C/C=C\CCCCCCCC(=O)OCCCCCCCCCCCCCCCCCCCCCCCC(=O)NC(CO)C(O)CCCCCCCCCCC. The molecular weight excluding hydrogens is 743 g/mol. The maximum absolute atomic E-state index is 12.4. The second-order valence-electron chi connectivity index (χ2n) is 18.2. The highest BCUT2D eigenvalue weighted by atomic mass is 16.5. The number of esters is 1. The summed E-state index contributed by atoms with van der Waals surface area (Å²) in [6.45, 7) is 4.86. The Labute approximate surface area is 373 Å². The van der Waals surface area contributed by atoms with Crippen molar-refractivity contribution in [3.63, 3.8) is 0 Å². The van der Waals surface area contributed by atoms with Gasteiger partial charge in [-0.1, -0.05) is 244 Å². The molecule has 0 aromatic carbocycles. The van der Waals surface area contributed by atoms with Gasteiger partial charge in [-0.25, -0.2) is 0 Å². The predicted octanol–water partition coefficient (Wildman–Crippen LogP) is 15.9. The second kappa shape index (κ2) is 50.0. The number of rotatable bonds is 49. The van der Waals surface area contributed by atoms with Crippen LogP contribution in [0.3, 0.4) is 0 Å². The summed E-state index contributed by atoms with van der Waals surface area (Å²) < 4.78 is 5.46. The molecule has 0 spiro atoms. The first-order valence-electron chi connectivity index (χ1n) is 26.6. The van der Waals surface area contributed by atoms with Gasteiger partial charge in [0, 0.05) is 12.8 Å². The number of hydrogen-bond donors (Lipinski definition) is 3. The second-order valence-corrected chi connectivity index (χ2v) is 18.2. The third-order valence-electron chi connectivity index (χ3n) is 12.2. The average Bonchev–Trinajstić information content (AvgIpc) is 3.25. The molecule has 2 unspecified atom stereocenters. The van der Waals surface area contributed by atoms with Crippen LogP contribution >= 0.6 is 0 Å².